The monoisotopic (exact) mass is 213 g/mol. The standard InChI is InChI=1S/C10H12FNO3/c11-7-5-9-10(15-4-3-14-9)6-8(7)13-2-1-12/h5-6H,1-4,12H2. The summed E-state index contributed by atoms with van der Waals surface area (Å²) in [5.74, 6) is 0.603. The van der Waals surface area contributed by atoms with Crippen molar-refractivity contribution < 1.29 is 18.6 Å². The molecule has 1 aliphatic heterocycles. The van der Waals surface area contributed by atoms with Crippen molar-refractivity contribution in [2.45, 2.75) is 0 Å². The summed E-state index contributed by atoms with van der Waals surface area (Å²) in [6.45, 7) is 1.52. The second-order valence-electron chi connectivity index (χ2n) is 3.06. The first-order valence-electron chi connectivity index (χ1n) is 4.73. The van der Waals surface area contributed by atoms with E-state index in [1.54, 1.807) is 0 Å². The highest BCUT2D eigenvalue weighted by atomic mass is 19.1. The van der Waals surface area contributed by atoms with Gasteiger partial charge in [0.15, 0.2) is 23.1 Å². The number of halogens is 1. The van der Waals surface area contributed by atoms with Crippen LogP contribution in [-0.4, -0.2) is 26.4 Å². The van der Waals surface area contributed by atoms with Gasteiger partial charge in [-0.25, -0.2) is 4.39 Å². The average molecular weight is 213 g/mol. The first-order valence-corrected chi connectivity index (χ1v) is 4.73. The van der Waals surface area contributed by atoms with Gasteiger partial charge in [0.2, 0.25) is 0 Å². The van der Waals surface area contributed by atoms with Crippen LogP contribution in [0.5, 0.6) is 17.2 Å². The van der Waals surface area contributed by atoms with Crippen molar-refractivity contribution in [3.8, 4) is 17.2 Å². The number of benzene rings is 1. The molecule has 1 aromatic rings. The van der Waals surface area contributed by atoms with Crippen LogP contribution in [0.3, 0.4) is 0 Å². The Hall–Kier alpha value is -1.49. The van der Waals surface area contributed by atoms with Crippen molar-refractivity contribution in [1.82, 2.24) is 0 Å². The zero-order valence-electron chi connectivity index (χ0n) is 8.16. The van der Waals surface area contributed by atoms with E-state index in [1.807, 2.05) is 0 Å². The molecule has 0 aromatic heterocycles. The summed E-state index contributed by atoms with van der Waals surface area (Å²) in [4.78, 5) is 0. The fraction of sp³-hybridized carbons (Fsp3) is 0.400. The van der Waals surface area contributed by atoms with Crippen LogP contribution in [0.4, 0.5) is 4.39 Å². The Morgan fingerprint density at radius 3 is 2.60 bits per heavy atom. The Morgan fingerprint density at radius 2 is 1.93 bits per heavy atom. The third kappa shape index (κ3) is 2.12. The molecule has 4 nitrogen and oxygen atoms in total. The van der Waals surface area contributed by atoms with Crippen LogP contribution >= 0.6 is 0 Å². The molecule has 2 N–H and O–H groups in total. The van der Waals surface area contributed by atoms with E-state index < -0.39 is 5.82 Å². The van der Waals surface area contributed by atoms with E-state index in [0.29, 0.717) is 31.3 Å². The molecule has 5 heteroatoms. The second-order valence-corrected chi connectivity index (χ2v) is 3.06. The number of rotatable bonds is 3. The van der Waals surface area contributed by atoms with Gasteiger partial charge in [0.25, 0.3) is 0 Å². The predicted octanol–water partition coefficient (Wildman–Crippen LogP) is 0.934. The molecule has 0 amide bonds. The highest BCUT2D eigenvalue weighted by Gasteiger charge is 2.16. The van der Waals surface area contributed by atoms with Gasteiger partial charge in [-0.05, 0) is 0 Å². The van der Waals surface area contributed by atoms with Crippen LogP contribution in [0.2, 0.25) is 0 Å². The summed E-state index contributed by atoms with van der Waals surface area (Å²) >= 11 is 0. The molecule has 0 unspecified atom stereocenters. The van der Waals surface area contributed by atoms with Crippen LogP contribution < -0.4 is 19.9 Å². The lowest BCUT2D eigenvalue weighted by molar-refractivity contribution is 0.169. The van der Waals surface area contributed by atoms with Crippen molar-refractivity contribution in [3.05, 3.63) is 17.9 Å². The molecule has 0 aliphatic carbocycles. The van der Waals surface area contributed by atoms with E-state index in [1.165, 1.54) is 12.1 Å². The van der Waals surface area contributed by atoms with Gasteiger partial charge in [0, 0.05) is 18.7 Å². The molecule has 1 heterocycles. The van der Waals surface area contributed by atoms with Crippen molar-refractivity contribution in [3.63, 3.8) is 0 Å². The molecule has 0 fully saturated rings. The van der Waals surface area contributed by atoms with Gasteiger partial charge in [-0.2, -0.15) is 0 Å². The minimum atomic E-state index is -0.465. The SMILES string of the molecule is NCCOc1cc2c(cc1F)OCCO2. The van der Waals surface area contributed by atoms with Gasteiger partial charge in [-0.15, -0.1) is 0 Å². The summed E-state index contributed by atoms with van der Waals surface area (Å²) in [6, 6.07) is 2.75. The molecule has 2 rings (SSSR count). The smallest absolute Gasteiger partial charge is 0.169 e. The maximum absolute atomic E-state index is 13.4. The minimum absolute atomic E-state index is 0.143. The largest absolute Gasteiger partial charge is 0.489 e. The summed E-state index contributed by atoms with van der Waals surface area (Å²) < 4.78 is 29.0. The lowest BCUT2D eigenvalue weighted by atomic mass is 10.2. The third-order valence-electron chi connectivity index (χ3n) is 1.97. The Bertz CT molecular complexity index is 357. The highest BCUT2D eigenvalue weighted by molar-refractivity contribution is 5.47. The van der Waals surface area contributed by atoms with Crippen LogP contribution in [0, 0.1) is 5.82 Å². The number of fused-ring (bicyclic) bond motifs is 1. The Kier molecular flexibility index (Phi) is 2.91. The van der Waals surface area contributed by atoms with Crippen molar-refractivity contribution in [2.24, 2.45) is 5.73 Å². The van der Waals surface area contributed by atoms with Crippen LogP contribution in [0.15, 0.2) is 12.1 Å². The average Bonchev–Trinajstić information content (AvgIpc) is 2.26. The summed E-state index contributed by atoms with van der Waals surface area (Å²) in [7, 11) is 0. The molecule has 0 radical (unpaired) electrons. The summed E-state index contributed by atoms with van der Waals surface area (Å²) in [6.07, 6.45) is 0. The number of hydrogen-bond acceptors (Lipinski definition) is 4. The zero-order valence-corrected chi connectivity index (χ0v) is 8.16. The molecule has 0 bridgehead atoms. The highest BCUT2D eigenvalue weighted by Crippen LogP contribution is 2.35. The van der Waals surface area contributed by atoms with E-state index in [2.05, 4.69) is 0 Å². The summed E-state index contributed by atoms with van der Waals surface area (Å²) in [5.41, 5.74) is 5.26. The molecule has 0 saturated carbocycles. The van der Waals surface area contributed by atoms with Crippen molar-refractivity contribution in [2.75, 3.05) is 26.4 Å². The molecular formula is C10H12FNO3. The number of ether oxygens (including phenoxy) is 3. The first kappa shape index (κ1) is 10.0. The third-order valence-corrected chi connectivity index (χ3v) is 1.97. The van der Waals surface area contributed by atoms with E-state index in [-0.39, 0.29) is 12.4 Å². The Labute approximate surface area is 86.7 Å². The molecule has 82 valence electrons. The maximum Gasteiger partial charge on any atom is 0.169 e. The minimum Gasteiger partial charge on any atom is -0.489 e. The van der Waals surface area contributed by atoms with Gasteiger partial charge in [-0.3, -0.25) is 0 Å². The van der Waals surface area contributed by atoms with Crippen molar-refractivity contribution >= 4 is 0 Å². The Balaban J connectivity index is 2.24. The van der Waals surface area contributed by atoms with Gasteiger partial charge < -0.3 is 19.9 Å². The van der Waals surface area contributed by atoms with E-state index in [4.69, 9.17) is 19.9 Å². The van der Waals surface area contributed by atoms with Gasteiger partial charge in [0.05, 0.1) is 0 Å². The molecule has 0 atom stereocenters. The fourth-order valence-corrected chi connectivity index (χ4v) is 1.32. The van der Waals surface area contributed by atoms with E-state index >= 15 is 0 Å². The van der Waals surface area contributed by atoms with Crippen LogP contribution in [-0.2, 0) is 0 Å². The quantitative estimate of drug-likeness (QED) is 0.811. The molecular weight excluding hydrogens is 201 g/mol. The molecule has 0 saturated heterocycles. The fourth-order valence-electron chi connectivity index (χ4n) is 1.32. The van der Waals surface area contributed by atoms with Gasteiger partial charge in [-0.1, -0.05) is 0 Å². The topological polar surface area (TPSA) is 53.7 Å². The lowest BCUT2D eigenvalue weighted by Gasteiger charge is -2.19. The molecule has 0 spiro atoms. The zero-order chi connectivity index (χ0) is 10.7. The van der Waals surface area contributed by atoms with Gasteiger partial charge in [0.1, 0.15) is 19.8 Å². The predicted molar refractivity (Wildman–Crippen MR) is 51.9 cm³/mol. The number of nitrogens with two attached hydrogens (primary N) is 1. The van der Waals surface area contributed by atoms with E-state index in [0.717, 1.165) is 0 Å². The maximum atomic E-state index is 13.4. The Morgan fingerprint density at radius 1 is 1.27 bits per heavy atom. The number of hydrogen-bond donors (Lipinski definition) is 1. The van der Waals surface area contributed by atoms with Crippen LogP contribution in [0.1, 0.15) is 0 Å². The normalized spacial score (nSPS) is 13.7. The summed E-state index contributed by atoms with van der Waals surface area (Å²) in [5, 5.41) is 0. The van der Waals surface area contributed by atoms with Crippen molar-refractivity contribution in [1.29, 1.82) is 0 Å². The second kappa shape index (κ2) is 4.35. The molecule has 1 aromatic carbocycles. The first-order chi connectivity index (χ1) is 7.31. The van der Waals surface area contributed by atoms with Crippen LogP contribution in [0.25, 0.3) is 0 Å². The van der Waals surface area contributed by atoms with E-state index in [9.17, 15) is 4.39 Å². The lowest BCUT2D eigenvalue weighted by Crippen LogP contribution is -2.16. The molecule has 1 aliphatic rings. The molecule has 15 heavy (non-hydrogen) atoms. The van der Waals surface area contributed by atoms with Gasteiger partial charge >= 0.3 is 0 Å².